The van der Waals surface area contributed by atoms with Gasteiger partial charge in [-0.3, -0.25) is 0 Å². The number of hydrogen-bond donors (Lipinski definition) is 1. The van der Waals surface area contributed by atoms with Gasteiger partial charge in [-0.2, -0.15) is 5.26 Å². The molecule has 1 heterocycles. The SMILES string of the molecule is COc1c(C(F)F)cnc(C#N)c1O. The van der Waals surface area contributed by atoms with Crippen molar-refractivity contribution in [2.24, 2.45) is 0 Å². The molecule has 0 aliphatic carbocycles. The van der Waals surface area contributed by atoms with Gasteiger partial charge in [0.25, 0.3) is 6.43 Å². The maximum atomic E-state index is 12.3. The summed E-state index contributed by atoms with van der Waals surface area (Å²) < 4.78 is 29.2. The predicted molar refractivity (Wildman–Crippen MR) is 42.1 cm³/mol. The molecule has 0 unspecified atom stereocenters. The lowest BCUT2D eigenvalue weighted by molar-refractivity contribution is 0.145. The van der Waals surface area contributed by atoms with Crippen LogP contribution in [0.25, 0.3) is 0 Å². The van der Waals surface area contributed by atoms with Crippen molar-refractivity contribution in [2.75, 3.05) is 7.11 Å². The molecule has 14 heavy (non-hydrogen) atoms. The zero-order valence-corrected chi connectivity index (χ0v) is 7.16. The Kier molecular flexibility index (Phi) is 2.82. The first-order valence-corrected chi connectivity index (χ1v) is 3.56. The second-order valence-electron chi connectivity index (χ2n) is 2.36. The van der Waals surface area contributed by atoms with Crippen molar-refractivity contribution >= 4 is 0 Å². The van der Waals surface area contributed by atoms with E-state index < -0.39 is 23.5 Å². The molecule has 0 spiro atoms. The molecule has 0 aromatic carbocycles. The fraction of sp³-hybridized carbons (Fsp3) is 0.250. The molecular weight excluding hydrogens is 194 g/mol. The molecule has 4 nitrogen and oxygen atoms in total. The van der Waals surface area contributed by atoms with E-state index in [1.54, 1.807) is 6.07 Å². The lowest BCUT2D eigenvalue weighted by Crippen LogP contribution is -1.97. The van der Waals surface area contributed by atoms with Gasteiger partial charge in [-0.05, 0) is 0 Å². The summed E-state index contributed by atoms with van der Waals surface area (Å²) in [4.78, 5) is 3.36. The smallest absolute Gasteiger partial charge is 0.269 e. The quantitative estimate of drug-likeness (QED) is 0.787. The fourth-order valence-electron chi connectivity index (χ4n) is 0.950. The van der Waals surface area contributed by atoms with Gasteiger partial charge < -0.3 is 9.84 Å². The first-order chi connectivity index (χ1) is 6.61. The number of aromatic nitrogens is 1. The number of rotatable bonds is 2. The van der Waals surface area contributed by atoms with E-state index in [9.17, 15) is 13.9 Å². The first kappa shape index (κ1) is 10.2. The largest absolute Gasteiger partial charge is 0.502 e. The number of methoxy groups -OCH3 is 1. The van der Waals surface area contributed by atoms with E-state index in [1.165, 1.54) is 0 Å². The zero-order chi connectivity index (χ0) is 10.7. The molecule has 0 amide bonds. The Morgan fingerprint density at radius 3 is 2.71 bits per heavy atom. The van der Waals surface area contributed by atoms with Gasteiger partial charge in [0, 0.05) is 6.20 Å². The monoisotopic (exact) mass is 200 g/mol. The van der Waals surface area contributed by atoms with E-state index in [1.807, 2.05) is 0 Å². The van der Waals surface area contributed by atoms with Crippen LogP contribution in [0, 0.1) is 11.3 Å². The van der Waals surface area contributed by atoms with Gasteiger partial charge in [0.2, 0.25) is 0 Å². The maximum absolute atomic E-state index is 12.3. The molecule has 0 saturated heterocycles. The van der Waals surface area contributed by atoms with E-state index in [-0.39, 0.29) is 5.69 Å². The molecule has 0 radical (unpaired) electrons. The summed E-state index contributed by atoms with van der Waals surface area (Å²) in [6.07, 6.45) is -2.00. The van der Waals surface area contributed by atoms with E-state index in [2.05, 4.69) is 9.72 Å². The summed E-state index contributed by atoms with van der Waals surface area (Å²) in [5, 5.41) is 17.7. The van der Waals surface area contributed by atoms with Crippen molar-refractivity contribution in [3.63, 3.8) is 0 Å². The summed E-state index contributed by atoms with van der Waals surface area (Å²) in [5.41, 5.74) is -0.879. The number of hydrogen-bond acceptors (Lipinski definition) is 4. The van der Waals surface area contributed by atoms with Crippen LogP contribution in [0.4, 0.5) is 8.78 Å². The average Bonchev–Trinajstić information content (AvgIpc) is 2.17. The Morgan fingerprint density at radius 1 is 1.64 bits per heavy atom. The summed E-state index contributed by atoms with van der Waals surface area (Å²) in [5.74, 6) is -1.07. The summed E-state index contributed by atoms with van der Waals surface area (Å²) >= 11 is 0. The van der Waals surface area contributed by atoms with Gasteiger partial charge in [0.05, 0.1) is 12.7 Å². The number of nitrogens with zero attached hydrogens (tertiary/aromatic N) is 2. The van der Waals surface area contributed by atoms with E-state index in [0.29, 0.717) is 0 Å². The van der Waals surface area contributed by atoms with Gasteiger partial charge in [-0.25, -0.2) is 13.8 Å². The third-order valence-corrected chi connectivity index (χ3v) is 1.58. The number of nitriles is 1. The molecule has 0 atom stereocenters. The van der Waals surface area contributed by atoms with Crippen LogP contribution < -0.4 is 4.74 Å². The van der Waals surface area contributed by atoms with Crippen LogP contribution in [0.1, 0.15) is 17.7 Å². The Hall–Kier alpha value is -1.90. The fourth-order valence-corrected chi connectivity index (χ4v) is 0.950. The van der Waals surface area contributed by atoms with E-state index in [4.69, 9.17) is 5.26 Å². The number of pyridine rings is 1. The van der Waals surface area contributed by atoms with Crippen LogP contribution in [0.15, 0.2) is 6.20 Å². The van der Waals surface area contributed by atoms with E-state index in [0.717, 1.165) is 13.3 Å². The minimum Gasteiger partial charge on any atom is -0.502 e. The molecule has 6 heteroatoms. The van der Waals surface area contributed by atoms with Crippen LogP contribution in [-0.2, 0) is 0 Å². The molecule has 0 bridgehead atoms. The van der Waals surface area contributed by atoms with Crippen LogP contribution in [0.5, 0.6) is 11.5 Å². The second-order valence-corrected chi connectivity index (χ2v) is 2.36. The van der Waals surface area contributed by atoms with Crippen LogP contribution >= 0.6 is 0 Å². The molecular formula is C8H6F2N2O2. The number of halogens is 2. The molecule has 74 valence electrons. The number of ether oxygens (including phenoxy) is 1. The standard InChI is InChI=1S/C8H6F2N2O2/c1-14-7-4(8(9)10)3-12-5(2-11)6(7)13/h3,8,13H,1H3. The van der Waals surface area contributed by atoms with Crippen molar-refractivity contribution < 1.29 is 18.6 Å². The van der Waals surface area contributed by atoms with Crippen molar-refractivity contribution in [1.29, 1.82) is 5.26 Å². The lowest BCUT2D eigenvalue weighted by atomic mass is 10.2. The average molecular weight is 200 g/mol. The summed E-state index contributed by atoms with van der Waals surface area (Å²) in [6.45, 7) is 0. The van der Waals surface area contributed by atoms with Gasteiger partial charge in [0.1, 0.15) is 6.07 Å². The topological polar surface area (TPSA) is 66.1 Å². The van der Waals surface area contributed by atoms with Gasteiger partial charge in [-0.1, -0.05) is 0 Å². The highest BCUT2D eigenvalue weighted by atomic mass is 19.3. The maximum Gasteiger partial charge on any atom is 0.269 e. The molecule has 0 saturated carbocycles. The molecule has 0 aliphatic rings. The van der Waals surface area contributed by atoms with Crippen molar-refractivity contribution in [3.05, 3.63) is 17.5 Å². The highest BCUT2D eigenvalue weighted by molar-refractivity contribution is 5.51. The Labute approximate surface area is 78.4 Å². The molecule has 0 fully saturated rings. The normalized spacial score (nSPS) is 9.93. The number of aromatic hydroxyl groups is 1. The highest BCUT2D eigenvalue weighted by Gasteiger charge is 2.20. The Morgan fingerprint density at radius 2 is 2.29 bits per heavy atom. The Bertz CT molecular complexity index is 388. The summed E-state index contributed by atoms with van der Waals surface area (Å²) in [6, 6.07) is 1.55. The van der Waals surface area contributed by atoms with Crippen molar-refractivity contribution in [2.45, 2.75) is 6.43 Å². The molecule has 1 N–H and O–H groups in total. The van der Waals surface area contributed by atoms with Gasteiger partial charge >= 0.3 is 0 Å². The van der Waals surface area contributed by atoms with Crippen LogP contribution in [0.3, 0.4) is 0 Å². The van der Waals surface area contributed by atoms with Crippen LogP contribution in [-0.4, -0.2) is 17.2 Å². The third-order valence-electron chi connectivity index (χ3n) is 1.58. The van der Waals surface area contributed by atoms with Crippen molar-refractivity contribution in [3.8, 4) is 17.6 Å². The minimum absolute atomic E-state index is 0.341. The summed E-state index contributed by atoms with van der Waals surface area (Å²) in [7, 11) is 1.13. The second kappa shape index (κ2) is 3.87. The molecule has 0 aliphatic heterocycles. The lowest BCUT2D eigenvalue weighted by Gasteiger charge is -2.09. The van der Waals surface area contributed by atoms with Gasteiger partial charge in [-0.15, -0.1) is 0 Å². The molecule has 1 aromatic rings. The number of alkyl halides is 2. The van der Waals surface area contributed by atoms with Crippen molar-refractivity contribution in [1.82, 2.24) is 4.98 Å². The molecule has 1 aromatic heterocycles. The molecule has 1 rings (SSSR count). The first-order valence-electron chi connectivity index (χ1n) is 3.56. The zero-order valence-electron chi connectivity index (χ0n) is 7.16. The predicted octanol–water partition coefficient (Wildman–Crippen LogP) is 1.61. The third kappa shape index (κ3) is 1.57. The van der Waals surface area contributed by atoms with Crippen LogP contribution in [0.2, 0.25) is 0 Å². The highest BCUT2D eigenvalue weighted by Crippen LogP contribution is 2.36. The van der Waals surface area contributed by atoms with Gasteiger partial charge in [0.15, 0.2) is 17.2 Å². The minimum atomic E-state index is -2.81. The van der Waals surface area contributed by atoms with E-state index >= 15 is 0 Å². The Balaban J connectivity index is 3.38.